The summed E-state index contributed by atoms with van der Waals surface area (Å²) in [5, 5.41) is 5.79. The minimum Gasteiger partial charge on any atom is -0.353 e. The van der Waals surface area contributed by atoms with Gasteiger partial charge in [0.05, 0.1) is 12.0 Å². The molecule has 0 unspecified atom stereocenters. The number of carbonyl (C=O) groups is 2. The Morgan fingerprint density at radius 3 is 2.15 bits per heavy atom. The maximum atomic E-state index is 12.7. The molecule has 5 nitrogen and oxygen atoms in total. The molecule has 0 spiro atoms. The van der Waals surface area contributed by atoms with Crippen LogP contribution in [0.15, 0.2) is 24.3 Å². The molecule has 2 rings (SSSR count). The summed E-state index contributed by atoms with van der Waals surface area (Å²) >= 11 is 0. The maximum Gasteiger partial charge on any atom is 0.416 e. The van der Waals surface area contributed by atoms with Gasteiger partial charge in [0.25, 0.3) is 0 Å². The maximum absolute atomic E-state index is 12.7. The highest BCUT2D eigenvalue weighted by molar-refractivity contribution is 5.79. The first-order valence-electron chi connectivity index (χ1n) is 8.73. The Bertz CT molecular complexity index is 626. The van der Waals surface area contributed by atoms with E-state index in [-0.39, 0.29) is 30.3 Å². The fourth-order valence-electron chi connectivity index (χ4n) is 3.13. The predicted octanol–water partition coefficient (Wildman–Crippen LogP) is 2.14. The van der Waals surface area contributed by atoms with Gasteiger partial charge < -0.3 is 16.4 Å². The van der Waals surface area contributed by atoms with Crippen LogP contribution in [0.2, 0.25) is 0 Å². The summed E-state index contributed by atoms with van der Waals surface area (Å²) in [7, 11) is 0. The molecular formula is C18H24F3N3O2. The molecule has 0 aromatic heterocycles. The Morgan fingerprint density at radius 2 is 1.62 bits per heavy atom. The lowest BCUT2D eigenvalue weighted by Crippen LogP contribution is -2.44. The number of amides is 2. The molecule has 1 aliphatic carbocycles. The number of hydrogen-bond acceptors (Lipinski definition) is 3. The lowest BCUT2D eigenvalue weighted by atomic mass is 9.91. The van der Waals surface area contributed by atoms with Crippen LogP contribution in [-0.4, -0.2) is 30.4 Å². The number of alkyl halides is 3. The van der Waals surface area contributed by atoms with Crippen molar-refractivity contribution in [2.45, 2.75) is 56.8 Å². The highest BCUT2D eigenvalue weighted by Crippen LogP contribution is 2.29. The van der Waals surface area contributed by atoms with Gasteiger partial charge in [0, 0.05) is 25.0 Å². The van der Waals surface area contributed by atoms with Crippen molar-refractivity contribution >= 4 is 11.8 Å². The standard InChI is InChI=1S/C18H24F3N3O2/c19-18(20,21)13-3-1-2-12(10-13)11-17(26)24-15-6-4-14(5-7-15)23-16(25)8-9-22/h1-3,10,14-15H,4-9,11,22H2,(H,23,25)(H,24,26). The monoisotopic (exact) mass is 371 g/mol. The first-order valence-corrected chi connectivity index (χ1v) is 8.73. The number of rotatable bonds is 6. The number of hydrogen-bond donors (Lipinski definition) is 3. The van der Waals surface area contributed by atoms with Gasteiger partial charge in [-0.1, -0.05) is 18.2 Å². The fraction of sp³-hybridized carbons (Fsp3) is 0.556. The summed E-state index contributed by atoms with van der Waals surface area (Å²) < 4.78 is 38.1. The third kappa shape index (κ3) is 6.33. The number of nitrogens with two attached hydrogens (primary N) is 1. The van der Waals surface area contributed by atoms with Gasteiger partial charge in [0.15, 0.2) is 0 Å². The molecule has 1 aromatic carbocycles. The number of halogens is 3. The first-order chi connectivity index (χ1) is 12.3. The number of nitrogens with one attached hydrogen (secondary N) is 2. The number of benzene rings is 1. The minimum atomic E-state index is -4.42. The van der Waals surface area contributed by atoms with Crippen LogP contribution in [0.5, 0.6) is 0 Å². The average molecular weight is 371 g/mol. The molecule has 26 heavy (non-hydrogen) atoms. The third-order valence-corrected chi connectivity index (χ3v) is 4.45. The van der Waals surface area contributed by atoms with Crippen molar-refractivity contribution in [3.05, 3.63) is 35.4 Å². The minimum absolute atomic E-state index is 0.0176. The van der Waals surface area contributed by atoms with E-state index >= 15 is 0 Å². The predicted molar refractivity (Wildman–Crippen MR) is 91.1 cm³/mol. The first kappa shape index (κ1) is 20.2. The fourth-order valence-corrected chi connectivity index (χ4v) is 3.13. The third-order valence-electron chi connectivity index (χ3n) is 4.45. The molecule has 8 heteroatoms. The van der Waals surface area contributed by atoms with Crippen LogP contribution >= 0.6 is 0 Å². The zero-order valence-electron chi connectivity index (χ0n) is 14.4. The van der Waals surface area contributed by atoms with Gasteiger partial charge in [-0.2, -0.15) is 13.2 Å². The highest BCUT2D eigenvalue weighted by Gasteiger charge is 2.30. The molecule has 1 saturated carbocycles. The molecule has 1 aliphatic rings. The van der Waals surface area contributed by atoms with Gasteiger partial charge >= 0.3 is 6.18 Å². The lowest BCUT2D eigenvalue weighted by molar-refractivity contribution is -0.137. The van der Waals surface area contributed by atoms with Crippen LogP contribution in [-0.2, 0) is 22.2 Å². The van der Waals surface area contributed by atoms with Gasteiger partial charge in [-0.25, -0.2) is 0 Å². The van der Waals surface area contributed by atoms with E-state index in [0.717, 1.165) is 37.8 Å². The van der Waals surface area contributed by atoms with Crippen LogP contribution < -0.4 is 16.4 Å². The van der Waals surface area contributed by atoms with E-state index in [1.165, 1.54) is 12.1 Å². The molecule has 0 heterocycles. The zero-order chi connectivity index (χ0) is 19.2. The Hall–Kier alpha value is -2.09. The highest BCUT2D eigenvalue weighted by atomic mass is 19.4. The molecule has 4 N–H and O–H groups in total. The van der Waals surface area contributed by atoms with Crippen molar-refractivity contribution < 1.29 is 22.8 Å². The molecule has 0 aliphatic heterocycles. The molecule has 1 fully saturated rings. The van der Waals surface area contributed by atoms with E-state index in [1.54, 1.807) is 0 Å². The van der Waals surface area contributed by atoms with E-state index < -0.39 is 11.7 Å². The summed E-state index contributed by atoms with van der Waals surface area (Å²) in [6.07, 6.45) is -1.25. The van der Waals surface area contributed by atoms with E-state index in [2.05, 4.69) is 10.6 Å². The molecule has 0 atom stereocenters. The van der Waals surface area contributed by atoms with E-state index in [9.17, 15) is 22.8 Å². The molecule has 1 aromatic rings. The quantitative estimate of drug-likeness (QED) is 0.716. The Balaban J connectivity index is 1.78. The largest absolute Gasteiger partial charge is 0.416 e. The van der Waals surface area contributed by atoms with Crippen LogP contribution in [0.4, 0.5) is 13.2 Å². The molecule has 0 saturated heterocycles. The van der Waals surface area contributed by atoms with E-state index in [4.69, 9.17) is 5.73 Å². The molecule has 0 bridgehead atoms. The van der Waals surface area contributed by atoms with Gasteiger partial charge in [0.2, 0.25) is 11.8 Å². The van der Waals surface area contributed by atoms with Crippen molar-refractivity contribution in [2.75, 3.05) is 6.54 Å². The van der Waals surface area contributed by atoms with Gasteiger partial charge in [-0.15, -0.1) is 0 Å². The Morgan fingerprint density at radius 1 is 1.04 bits per heavy atom. The van der Waals surface area contributed by atoms with Gasteiger partial charge in [-0.3, -0.25) is 9.59 Å². The van der Waals surface area contributed by atoms with Crippen LogP contribution in [0.1, 0.15) is 43.2 Å². The van der Waals surface area contributed by atoms with Crippen LogP contribution in [0.25, 0.3) is 0 Å². The molecular weight excluding hydrogens is 347 g/mol. The lowest BCUT2D eigenvalue weighted by Gasteiger charge is -2.29. The van der Waals surface area contributed by atoms with Crippen LogP contribution in [0.3, 0.4) is 0 Å². The summed E-state index contributed by atoms with van der Waals surface area (Å²) in [5.74, 6) is -0.357. The molecule has 0 radical (unpaired) electrons. The summed E-state index contributed by atoms with van der Waals surface area (Å²) in [6.45, 7) is 0.312. The second-order valence-corrected chi connectivity index (χ2v) is 6.60. The van der Waals surface area contributed by atoms with Crippen molar-refractivity contribution in [3.63, 3.8) is 0 Å². The average Bonchev–Trinajstić information content (AvgIpc) is 2.56. The molecule has 144 valence electrons. The number of carbonyl (C=O) groups excluding carboxylic acids is 2. The van der Waals surface area contributed by atoms with Crippen molar-refractivity contribution in [1.29, 1.82) is 0 Å². The second-order valence-electron chi connectivity index (χ2n) is 6.60. The zero-order valence-corrected chi connectivity index (χ0v) is 14.4. The van der Waals surface area contributed by atoms with Crippen molar-refractivity contribution in [2.24, 2.45) is 5.73 Å². The SMILES string of the molecule is NCCC(=O)NC1CCC(NC(=O)Cc2cccc(C(F)(F)F)c2)CC1. The topological polar surface area (TPSA) is 84.2 Å². The summed E-state index contributed by atoms with van der Waals surface area (Å²) in [5.41, 5.74) is 4.92. The van der Waals surface area contributed by atoms with E-state index in [1.807, 2.05) is 0 Å². The second kappa shape index (κ2) is 9.02. The van der Waals surface area contributed by atoms with E-state index in [0.29, 0.717) is 18.5 Å². The Kier molecular flexibility index (Phi) is 7.02. The van der Waals surface area contributed by atoms with Crippen LogP contribution in [0, 0.1) is 0 Å². The van der Waals surface area contributed by atoms with Crippen molar-refractivity contribution in [3.8, 4) is 0 Å². The Labute approximate surface area is 150 Å². The van der Waals surface area contributed by atoms with Gasteiger partial charge in [-0.05, 0) is 37.3 Å². The normalized spacial score (nSPS) is 20.5. The summed E-state index contributed by atoms with van der Waals surface area (Å²) in [4.78, 5) is 23.6. The summed E-state index contributed by atoms with van der Waals surface area (Å²) in [6, 6.07) is 4.88. The smallest absolute Gasteiger partial charge is 0.353 e. The van der Waals surface area contributed by atoms with Crippen molar-refractivity contribution in [1.82, 2.24) is 10.6 Å². The molecule has 2 amide bonds. The van der Waals surface area contributed by atoms with Gasteiger partial charge in [0.1, 0.15) is 0 Å².